The summed E-state index contributed by atoms with van der Waals surface area (Å²) in [5.74, 6) is -0.440. The number of amides is 3. The number of hydrogen-bond acceptors (Lipinski definition) is 4. The quantitative estimate of drug-likeness (QED) is 0.634. The van der Waals surface area contributed by atoms with E-state index in [1.807, 2.05) is 31.4 Å². The van der Waals surface area contributed by atoms with Gasteiger partial charge in [0.25, 0.3) is 5.91 Å². The summed E-state index contributed by atoms with van der Waals surface area (Å²) in [5, 5.41) is 4.86. The summed E-state index contributed by atoms with van der Waals surface area (Å²) in [7, 11) is 0. The Morgan fingerprint density at radius 2 is 2.00 bits per heavy atom. The van der Waals surface area contributed by atoms with E-state index in [1.165, 1.54) is 4.88 Å². The van der Waals surface area contributed by atoms with Crippen molar-refractivity contribution in [1.29, 1.82) is 0 Å². The van der Waals surface area contributed by atoms with Gasteiger partial charge in [0.1, 0.15) is 5.54 Å². The van der Waals surface area contributed by atoms with Crippen LogP contribution in [0.5, 0.6) is 0 Å². The Morgan fingerprint density at radius 1 is 1.26 bits per heavy atom. The van der Waals surface area contributed by atoms with E-state index in [-0.39, 0.29) is 18.2 Å². The van der Waals surface area contributed by atoms with Crippen molar-refractivity contribution in [3.63, 3.8) is 0 Å². The molecule has 1 N–H and O–H groups in total. The van der Waals surface area contributed by atoms with Gasteiger partial charge >= 0.3 is 6.03 Å². The number of ketones is 1. The van der Waals surface area contributed by atoms with Crippen LogP contribution in [0.4, 0.5) is 4.79 Å². The Balaban J connectivity index is 1.53. The Bertz CT molecular complexity index is 907. The van der Waals surface area contributed by atoms with Gasteiger partial charge in [0.15, 0.2) is 5.78 Å². The predicted octanol–water partition coefficient (Wildman–Crippen LogP) is 3.26. The molecule has 142 valence electrons. The maximum atomic E-state index is 12.9. The van der Waals surface area contributed by atoms with Crippen molar-refractivity contribution in [3.8, 4) is 0 Å². The number of aromatic nitrogens is 1. The van der Waals surface area contributed by atoms with Crippen molar-refractivity contribution >= 4 is 29.1 Å². The summed E-state index contributed by atoms with van der Waals surface area (Å²) in [6.45, 7) is 4.40. The highest BCUT2D eigenvalue weighted by molar-refractivity contribution is 7.09. The number of hydrogen-bond donors (Lipinski definition) is 1. The fourth-order valence-corrected chi connectivity index (χ4v) is 4.94. The van der Waals surface area contributed by atoms with Gasteiger partial charge in [0, 0.05) is 21.8 Å². The average Bonchev–Trinajstić information content (AvgIpc) is 3.40. The standard InChI is InChI=1S/C20H23N3O3S/c1-13-10-16(14(2)22(13)11-15-6-5-9-27-15)17(24)12-23-18(25)20(21-19(23)26)7-3-4-8-20/h5-6,9-10H,3-4,7-8,11-12H2,1-2H3,(H,21,26). The Kier molecular flexibility index (Phi) is 4.42. The summed E-state index contributed by atoms with van der Waals surface area (Å²) in [4.78, 5) is 40.3. The minimum Gasteiger partial charge on any atom is -0.343 e. The average molecular weight is 385 g/mol. The van der Waals surface area contributed by atoms with Crippen molar-refractivity contribution in [2.24, 2.45) is 0 Å². The lowest BCUT2D eigenvalue weighted by Crippen LogP contribution is -2.44. The lowest BCUT2D eigenvalue weighted by molar-refractivity contribution is -0.130. The van der Waals surface area contributed by atoms with Crippen LogP contribution in [0, 0.1) is 13.8 Å². The number of carbonyl (C=O) groups is 3. The third-order valence-electron chi connectivity index (χ3n) is 5.77. The zero-order chi connectivity index (χ0) is 19.2. The third kappa shape index (κ3) is 3.00. The molecule has 2 fully saturated rings. The summed E-state index contributed by atoms with van der Waals surface area (Å²) in [6.07, 6.45) is 3.19. The van der Waals surface area contributed by atoms with Crippen LogP contribution >= 0.6 is 11.3 Å². The van der Waals surface area contributed by atoms with Gasteiger partial charge < -0.3 is 9.88 Å². The number of rotatable bonds is 5. The first-order valence-corrected chi connectivity index (χ1v) is 10.2. The molecule has 2 aromatic heterocycles. The number of aryl methyl sites for hydroxylation is 1. The highest BCUT2D eigenvalue weighted by atomic mass is 32.1. The first-order valence-electron chi connectivity index (χ1n) is 9.28. The lowest BCUT2D eigenvalue weighted by atomic mass is 9.98. The molecule has 0 bridgehead atoms. The second kappa shape index (κ2) is 6.64. The zero-order valence-electron chi connectivity index (χ0n) is 15.6. The van der Waals surface area contributed by atoms with Crippen molar-refractivity contribution < 1.29 is 14.4 Å². The van der Waals surface area contributed by atoms with Gasteiger partial charge in [-0.25, -0.2) is 4.79 Å². The summed E-state index contributed by atoms with van der Waals surface area (Å²) in [5.41, 5.74) is 1.67. The molecule has 0 unspecified atom stereocenters. The molecular weight excluding hydrogens is 362 g/mol. The molecule has 0 atom stereocenters. The van der Waals surface area contributed by atoms with Crippen LogP contribution in [-0.2, 0) is 11.3 Å². The molecule has 1 aliphatic carbocycles. The van der Waals surface area contributed by atoms with E-state index in [2.05, 4.69) is 16.0 Å². The van der Waals surface area contributed by atoms with Crippen LogP contribution in [0.25, 0.3) is 0 Å². The first-order chi connectivity index (χ1) is 12.9. The normalized spacial score (nSPS) is 18.5. The molecule has 4 rings (SSSR count). The fraction of sp³-hybridized carbons (Fsp3) is 0.450. The Hall–Kier alpha value is -2.41. The van der Waals surface area contributed by atoms with Crippen LogP contribution in [0.2, 0.25) is 0 Å². The Morgan fingerprint density at radius 3 is 2.67 bits per heavy atom. The van der Waals surface area contributed by atoms with Crippen LogP contribution in [-0.4, -0.2) is 39.3 Å². The molecule has 1 saturated heterocycles. The van der Waals surface area contributed by atoms with Gasteiger partial charge in [-0.2, -0.15) is 0 Å². The second-order valence-corrected chi connectivity index (χ2v) is 8.52. The number of imide groups is 1. The molecular formula is C20H23N3O3S. The largest absolute Gasteiger partial charge is 0.343 e. The summed E-state index contributed by atoms with van der Waals surface area (Å²) in [6, 6.07) is 5.49. The molecule has 3 heterocycles. The van der Waals surface area contributed by atoms with Gasteiger partial charge in [0.2, 0.25) is 0 Å². The molecule has 27 heavy (non-hydrogen) atoms. The molecule has 6 nitrogen and oxygen atoms in total. The van der Waals surface area contributed by atoms with Crippen molar-refractivity contribution in [3.05, 3.63) is 45.4 Å². The molecule has 1 spiro atoms. The van der Waals surface area contributed by atoms with E-state index in [9.17, 15) is 14.4 Å². The SMILES string of the molecule is Cc1cc(C(=O)CN2C(=O)NC3(CCCC3)C2=O)c(C)n1Cc1cccs1. The summed E-state index contributed by atoms with van der Waals surface area (Å²) >= 11 is 1.68. The van der Waals surface area contributed by atoms with Gasteiger partial charge in [-0.3, -0.25) is 14.5 Å². The van der Waals surface area contributed by atoms with Crippen molar-refractivity contribution in [1.82, 2.24) is 14.8 Å². The topological polar surface area (TPSA) is 71.4 Å². The minimum absolute atomic E-state index is 0.195. The smallest absolute Gasteiger partial charge is 0.325 e. The van der Waals surface area contributed by atoms with Crippen molar-refractivity contribution in [2.75, 3.05) is 6.54 Å². The molecule has 2 aromatic rings. The number of nitrogens with one attached hydrogen (secondary N) is 1. The van der Waals surface area contributed by atoms with E-state index in [1.54, 1.807) is 11.3 Å². The van der Waals surface area contributed by atoms with E-state index in [0.717, 1.165) is 35.7 Å². The lowest BCUT2D eigenvalue weighted by Gasteiger charge is -2.19. The number of thiophene rings is 1. The second-order valence-electron chi connectivity index (χ2n) is 7.48. The minimum atomic E-state index is -0.770. The van der Waals surface area contributed by atoms with Crippen molar-refractivity contribution in [2.45, 2.75) is 51.6 Å². The van der Waals surface area contributed by atoms with Crippen LogP contribution in [0.1, 0.15) is 52.3 Å². The van der Waals surface area contributed by atoms with Crippen LogP contribution in [0.15, 0.2) is 23.6 Å². The van der Waals surface area contributed by atoms with E-state index >= 15 is 0 Å². The maximum absolute atomic E-state index is 12.9. The molecule has 2 aliphatic rings. The van der Waals surface area contributed by atoms with Gasteiger partial charge in [-0.05, 0) is 44.2 Å². The highest BCUT2D eigenvalue weighted by Crippen LogP contribution is 2.35. The van der Waals surface area contributed by atoms with Crippen LogP contribution < -0.4 is 5.32 Å². The maximum Gasteiger partial charge on any atom is 0.325 e. The monoisotopic (exact) mass is 385 g/mol. The number of Topliss-reactive ketones (excluding diaryl/α,β-unsaturated/α-hetero) is 1. The van der Waals surface area contributed by atoms with E-state index in [4.69, 9.17) is 0 Å². The van der Waals surface area contributed by atoms with Crippen LogP contribution in [0.3, 0.4) is 0 Å². The Labute approximate surface area is 162 Å². The molecule has 1 aliphatic heterocycles. The molecule has 0 radical (unpaired) electrons. The van der Waals surface area contributed by atoms with Gasteiger partial charge in [-0.15, -0.1) is 11.3 Å². The number of carbonyl (C=O) groups excluding carboxylic acids is 3. The highest BCUT2D eigenvalue weighted by Gasteiger charge is 2.52. The van der Waals surface area contributed by atoms with E-state index in [0.29, 0.717) is 18.4 Å². The van der Waals surface area contributed by atoms with Gasteiger partial charge in [0.05, 0.1) is 13.1 Å². The number of urea groups is 1. The summed E-state index contributed by atoms with van der Waals surface area (Å²) < 4.78 is 2.10. The molecule has 3 amide bonds. The molecule has 1 saturated carbocycles. The molecule has 7 heteroatoms. The third-order valence-corrected chi connectivity index (χ3v) is 6.63. The predicted molar refractivity (Wildman–Crippen MR) is 103 cm³/mol. The zero-order valence-corrected chi connectivity index (χ0v) is 16.4. The fourth-order valence-electron chi connectivity index (χ4n) is 4.25. The first kappa shape index (κ1) is 18.0. The number of nitrogens with zero attached hydrogens (tertiary/aromatic N) is 2. The van der Waals surface area contributed by atoms with Gasteiger partial charge in [-0.1, -0.05) is 18.9 Å². The van der Waals surface area contributed by atoms with E-state index < -0.39 is 11.6 Å². The molecule has 0 aromatic carbocycles.